The summed E-state index contributed by atoms with van der Waals surface area (Å²) < 4.78 is 10.2. The highest BCUT2D eigenvalue weighted by molar-refractivity contribution is 7.99. The Labute approximate surface area is 131 Å². The minimum atomic E-state index is -0.177. The highest BCUT2D eigenvalue weighted by atomic mass is 32.2. The predicted molar refractivity (Wildman–Crippen MR) is 87.1 cm³/mol. The maximum absolute atomic E-state index is 11.2. The summed E-state index contributed by atoms with van der Waals surface area (Å²) in [6.07, 6.45) is 1.50. The molecule has 0 fully saturated rings. The van der Waals surface area contributed by atoms with E-state index in [4.69, 9.17) is 4.74 Å². The summed E-state index contributed by atoms with van der Waals surface area (Å²) in [4.78, 5) is 12.4. The molecule has 1 unspecified atom stereocenters. The van der Waals surface area contributed by atoms with E-state index in [9.17, 15) is 4.79 Å². The third-order valence-corrected chi connectivity index (χ3v) is 4.25. The molecule has 0 aliphatic heterocycles. The van der Waals surface area contributed by atoms with Gasteiger partial charge in [-0.2, -0.15) is 0 Å². The fourth-order valence-corrected chi connectivity index (χ4v) is 3.16. The van der Waals surface area contributed by atoms with Gasteiger partial charge in [-0.15, -0.1) is 11.8 Å². The molecule has 0 saturated heterocycles. The summed E-state index contributed by atoms with van der Waals surface area (Å²) in [5, 5.41) is 3.49. The van der Waals surface area contributed by atoms with Gasteiger partial charge in [0.1, 0.15) is 5.75 Å². The van der Waals surface area contributed by atoms with Crippen LogP contribution in [0.4, 0.5) is 0 Å². The van der Waals surface area contributed by atoms with Crippen molar-refractivity contribution in [2.24, 2.45) is 0 Å². The van der Waals surface area contributed by atoms with E-state index in [0.29, 0.717) is 12.2 Å². The van der Waals surface area contributed by atoms with Gasteiger partial charge < -0.3 is 14.8 Å². The maximum atomic E-state index is 11.2. The number of nitrogens with one attached hydrogen (secondary N) is 1. The topological polar surface area (TPSA) is 47.6 Å². The first-order valence-electron chi connectivity index (χ1n) is 7.23. The highest BCUT2D eigenvalue weighted by Gasteiger charge is 2.16. The van der Waals surface area contributed by atoms with Crippen LogP contribution in [0.1, 0.15) is 38.3 Å². The van der Waals surface area contributed by atoms with Crippen molar-refractivity contribution in [3.05, 3.63) is 23.8 Å². The summed E-state index contributed by atoms with van der Waals surface area (Å²) in [7, 11) is 3.11. The molecule has 0 radical (unpaired) electrons. The zero-order valence-corrected chi connectivity index (χ0v) is 14.1. The zero-order valence-electron chi connectivity index (χ0n) is 13.3. The van der Waals surface area contributed by atoms with Gasteiger partial charge >= 0.3 is 5.97 Å². The summed E-state index contributed by atoms with van der Waals surface area (Å²) in [6.45, 7) is 5.25. The van der Waals surface area contributed by atoms with Gasteiger partial charge in [-0.25, -0.2) is 0 Å². The van der Waals surface area contributed by atoms with Gasteiger partial charge in [-0.3, -0.25) is 4.79 Å². The van der Waals surface area contributed by atoms with E-state index in [2.05, 4.69) is 30.0 Å². The Balaban J connectivity index is 2.83. The van der Waals surface area contributed by atoms with Crippen LogP contribution in [0.3, 0.4) is 0 Å². The molecule has 1 N–H and O–H groups in total. The van der Waals surface area contributed by atoms with Crippen molar-refractivity contribution in [2.45, 2.75) is 37.6 Å². The molecule has 1 aromatic carbocycles. The monoisotopic (exact) mass is 311 g/mol. The fraction of sp³-hybridized carbons (Fsp3) is 0.562. The molecule has 0 aromatic heterocycles. The van der Waals surface area contributed by atoms with Gasteiger partial charge in [0.05, 0.1) is 20.6 Å². The molecule has 0 saturated carbocycles. The summed E-state index contributed by atoms with van der Waals surface area (Å²) in [5.41, 5.74) is 1.16. The number of rotatable bonds is 9. The van der Waals surface area contributed by atoms with Crippen LogP contribution in [-0.2, 0) is 9.53 Å². The van der Waals surface area contributed by atoms with Crippen LogP contribution in [0.15, 0.2) is 23.1 Å². The minimum absolute atomic E-state index is 0.177. The number of ether oxygens (including phenoxy) is 2. The molecule has 21 heavy (non-hydrogen) atoms. The predicted octanol–water partition coefficient (Wildman–Crippen LogP) is 3.41. The molecule has 0 aliphatic carbocycles. The normalized spacial score (nSPS) is 12.0. The van der Waals surface area contributed by atoms with E-state index in [0.717, 1.165) is 29.2 Å². The molecule has 4 nitrogen and oxygen atoms in total. The van der Waals surface area contributed by atoms with Gasteiger partial charge in [0, 0.05) is 22.3 Å². The number of esters is 1. The molecule has 0 aliphatic rings. The summed E-state index contributed by atoms with van der Waals surface area (Å²) in [5.74, 6) is 1.41. The number of hydrogen-bond acceptors (Lipinski definition) is 5. The Hall–Kier alpha value is -1.20. The smallest absolute Gasteiger partial charge is 0.306 e. The maximum Gasteiger partial charge on any atom is 0.306 e. The first kappa shape index (κ1) is 17.9. The Kier molecular flexibility index (Phi) is 8.23. The molecule has 1 rings (SSSR count). The molecule has 0 bridgehead atoms. The van der Waals surface area contributed by atoms with Gasteiger partial charge in [-0.1, -0.05) is 13.0 Å². The highest BCUT2D eigenvalue weighted by Crippen LogP contribution is 2.35. The van der Waals surface area contributed by atoms with Crippen molar-refractivity contribution in [2.75, 3.05) is 26.5 Å². The quantitative estimate of drug-likeness (QED) is 0.559. The van der Waals surface area contributed by atoms with Crippen molar-refractivity contribution in [1.82, 2.24) is 5.32 Å². The lowest BCUT2D eigenvalue weighted by Crippen LogP contribution is -2.20. The number of carbonyl (C=O) groups excluding carboxylic acids is 1. The average Bonchev–Trinajstić information content (AvgIpc) is 2.51. The second-order valence-electron chi connectivity index (χ2n) is 4.72. The van der Waals surface area contributed by atoms with Crippen molar-refractivity contribution in [1.29, 1.82) is 0 Å². The molecular formula is C16H25NO3S. The molecule has 5 heteroatoms. The SMILES string of the molecule is CCCNC(C)c1c(OC)cccc1SCCC(=O)OC. The average molecular weight is 311 g/mol. The van der Waals surface area contributed by atoms with E-state index in [1.807, 2.05) is 12.1 Å². The molecule has 1 aromatic rings. The van der Waals surface area contributed by atoms with Crippen LogP contribution in [-0.4, -0.2) is 32.5 Å². The molecule has 118 valence electrons. The summed E-state index contributed by atoms with van der Waals surface area (Å²) in [6, 6.07) is 6.24. The zero-order chi connectivity index (χ0) is 15.7. The Morgan fingerprint density at radius 1 is 1.38 bits per heavy atom. The molecule has 0 amide bonds. The van der Waals surface area contributed by atoms with Gasteiger partial charge in [0.15, 0.2) is 0 Å². The Morgan fingerprint density at radius 3 is 2.76 bits per heavy atom. The number of hydrogen-bond donors (Lipinski definition) is 1. The standard InChI is InChI=1S/C16H25NO3S/c1-5-10-17-12(2)16-13(19-3)7-6-8-14(16)21-11-9-15(18)20-4/h6-8,12,17H,5,9-11H2,1-4H3. The Bertz CT molecular complexity index is 451. The minimum Gasteiger partial charge on any atom is -0.496 e. The first-order valence-corrected chi connectivity index (χ1v) is 8.22. The van der Waals surface area contributed by atoms with E-state index in [1.54, 1.807) is 18.9 Å². The van der Waals surface area contributed by atoms with Crippen LogP contribution in [0.5, 0.6) is 5.75 Å². The van der Waals surface area contributed by atoms with E-state index in [-0.39, 0.29) is 12.0 Å². The van der Waals surface area contributed by atoms with Crippen LogP contribution in [0.25, 0.3) is 0 Å². The fourth-order valence-electron chi connectivity index (χ4n) is 2.06. The number of thioether (sulfide) groups is 1. The molecule has 0 heterocycles. The van der Waals surface area contributed by atoms with Crippen molar-refractivity contribution in [3.63, 3.8) is 0 Å². The third kappa shape index (κ3) is 5.59. The summed E-state index contributed by atoms with van der Waals surface area (Å²) >= 11 is 1.66. The van der Waals surface area contributed by atoms with Crippen molar-refractivity contribution in [3.8, 4) is 5.75 Å². The van der Waals surface area contributed by atoms with Gasteiger partial charge in [0.2, 0.25) is 0 Å². The number of methoxy groups -OCH3 is 2. The molecule has 1 atom stereocenters. The number of carbonyl (C=O) groups is 1. The van der Waals surface area contributed by atoms with Crippen molar-refractivity contribution >= 4 is 17.7 Å². The van der Waals surface area contributed by atoms with Crippen LogP contribution < -0.4 is 10.1 Å². The second-order valence-corrected chi connectivity index (χ2v) is 5.86. The van der Waals surface area contributed by atoms with E-state index in [1.165, 1.54) is 7.11 Å². The van der Waals surface area contributed by atoms with Gasteiger partial charge in [0.25, 0.3) is 0 Å². The van der Waals surface area contributed by atoms with Crippen LogP contribution in [0, 0.1) is 0 Å². The lowest BCUT2D eigenvalue weighted by atomic mass is 10.1. The van der Waals surface area contributed by atoms with Crippen LogP contribution >= 0.6 is 11.8 Å². The third-order valence-electron chi connectivity index (χ3n) is 3.17. The largest absolute Gasteiger partial charge is 0.496 e. The lowest BCUT2D eigenvalue weighted by Gasteiger charge is -2.20. The molecule has 0 spiro atoms. The van der Waals surface area contributed by atoms with Crippen molar-refractivity contribution < 1.29 is 14.3 Å². The van der Waals surface area contributed by atoms with E-state index < -0.39 is 0 Å². The number of benzene rings is 1. The van der Waals surface area contributed by atoms with Crippen LogP contribution in [0.2, 0.25) is 0 Å². The second kappa shape index (κ2) is 9.68. The Morgan fingerprint density at radius 2 is 2.14 bits per heavy atom. The molecular weight excluding hydrogens is 286 g/mol. The lowest BCUT2D eigenvalue weighted by molar-refractivity contribution is -0.140. The first-order chi connectivity index (χ1) is 10.1. The van der Waals surface area contributed by atoms with Gasteiger partial charge in [-0.05, 0) is 32.0 Å². The van der Waals surface area contributed by atoms with E-state index >= 15 is 0 Å².